The first-order chi connectivity index (χ1) is 9.56. The van der Waals surface area contributed by atoms with E-state index in [1.165, 1.54) is 6.07 Å². The van der Waals surface area contributed by atoms with Crippen LogP contribution in [0.5, 0.6) is 0 Å². The smallest absolute Gasteiger partial charge is 0.224 e. The Kier molecular flexibility index (Phi) is 4.84. The van der Waals surface area contributed by atoms with E-state index < -0.39 is 17.5 Å². The lowest BCUT2D eigenvalue weighted by atomic mass is 10.1. The lowest BCUT2D eigenvalue weighted by molar-refractivity contribution is -0.120. The predicted octanol–water partition coefficient (Wildman–Crippen LogP) is 3.59. The molecule has 1 amide bonds. The van der Waals surface area contributed by atoms with Gasteiger partial charge in [0.1, 0.15) is 11.6 Å². The molecular weight excluding hydrogens is 328 g/mol. The monoisotopic (exact) mass is 339 g/mol. The fourth-order valence-electron chi connectivity index (χ4n) is 1.77. The molecule has 2 aromatic rings. The number of rotatable bonds is 4. The van der Waals surface area contributed by atoms with Gasteiger partial charge in [-0.1, -0.05) is 34.1 Å². The highest BCUT2D eigenvalue weighted by Crippen LogP contribution is 2.13. The minimum Gasteiger partial charge on any atom is -0.352 e. The van der Waals surface area contributed by atoms with Gasteiger partial charge in [-0.25, -0.2) is 8.78 Å². The number of hydrogen-bond donors (Lipinski definition) is 1. The van der Waals surface area contributed by atoms with Crippen LogP contribution < -0.4 is 5.32 Å². The Morgan fingerprint density at radius 3 is 2.40 bits per heavy atom. The first kappa shape index (κ1) is 14.7. The highest BCUT2D eigenvalue weighted by molar-refractivity contribution is 9.10. The van der Waals surface area contributed by atoms with Crippen molar-refractivity contribution in [3.8, 4) is 0 Å². The molecule has 0 radical (unpaired) electrons. The molecule has 1 N–H and O–H groups in total. The third-order valence-electron chi connectivity index (χ3n) is 2.78. The topological polar surface area (TPSA) is 29.1 Å². The number of amides is 1. The minimum atomic E-state index is -0.706. The Hall–Kier alpha value is -1.75. The Morgan fingerprint density at radius 2 is 1.75 bits per heavy atom. The molecule has 0 unspecified atom stereocenters. The fourth-order valence-corrected chi connectivity index (χ4v) is 2.22. The number of carbonyl (C=O) groups excluding carboxylic acids is 1. The summed E-state index contributed by atoms with van der Waals surface area (Å²) < 4.78 is 27.7. The van der Waals surface area contributed by atoms with Crippen molar-refractivity contribution >= 4 is 21.8 Å². The van der Waals surface area contributed by atoms with Gasteiger partial charge in [0.05, 0.1) is 6.42 Å². The molecule has 0 aliphatic heterocycles. The van der Waals surface area contributed by atoms with Crippen LogP contribution in [0.2, 0.25) is 0 Å². The van der Waals surface area contributed by atoms with Crippen LogP contribution in [0.3, 0.4) is 0 Å². The molecule has 0 aliphatic carbocycles. The number of benzene rings is 2. The van der Waals surface area contributed by atoms with Gasteiger partial charge in [-0.05, 0) is 29.8 Å². The average molecular weight is 340 g/mol. The molecule has 0 heterocycles. The maximum absolute atomic E-state index is 13.4. The lowest BCUT2D eigenvalue weighted by Crippen LogP contribution is -2.25. The molecule has 2 aromatic carbocycles. The van der Waals surface area contributed by atoms with Crippen LogP contribution in [0.25, 0.3) is 0 Å². The summed E-state index contributed by atoms with van der Waals surface area (Å²) in [4.78, 5) is 11.7. The summed E-state index contributed by atoms with van der Waals surface area (Å²) in [6, 6.07) is 11.0. The van der Waals surface area contributed by atoms with Crippen LogP contribution in [-0.2, 0) is 17.8 Å². The van der Waals surface area contributed by atoms with Gasteiger partial charge < -0.3 is 5.32 Å². The lowest BCUT2D eigenvalue weighted by Gasteiger charge is -2.07. The normalized spacial score (nSPS) is 10.3. The third kappa shape index (κ3) is 3.87. The van der Waals surface area contributed by atoms with Gasteiger partial charge in [-0.15, -0.1) is 0 Å². The fraction of sp³-hybridized carbons (Fsp3) is 0.133. The van der Waals surface area contributed by atoms with Crippen molar-refractivity contribution in [2.24, 2.45) is 0 Å². The van der Waals surface area contributed by atoms with Crippen LogP contribution >= 0.6 is 15.9 Å². The number of halogens is 3. The second kappa shape index (κ2) is 6.61. The van der Waals surface area contributed by atoms with Crippen molar-refractivity contribution < 1.29 is 13.6 Å². The summed E-state index contributed by atoms with van der Waals surface area (Å²) in [7, 11) is 0. The van der Waals surface area contributed by atoms with Crippen molar-refractivity contribution in [2.75, 3.05) is 0 Å². The average Bonchev–Trinajstić information content (AvgIpc) is 2.41. The van der Waals surface area contributed by atoms with Gasteiger partial charge in [0.2, 0.25) is 5.91 Å². The second-order valence-electron chi connectivity index (χ2n) is 4.28. The standard InChI is InChI=1S/C15H12BrF2NO/c16-11-4-1-3-10(7-11)9-19-15(20)8-12-13(17)5-2-6-14(12)18/h1-7H,8-9H2,(H,19,20). The Labute approximate surface area is 123 Å². The largest absolute Gasteiger partial charge is 0.352 e. The molecule has 2 rings (SSSR count). The zero-order valence-corrected chi connectivity index (χ0v) is 12.1. The van der Waals surface area contributed by atoms with E-state index in [0.717, 1.165) is 22.2 Å². The first-order valence-corrected chi connectivity index (χ1v) is 6.79. The number of hydrogen-bond acceptors (Lipinski definition) is 1. The maximum Gasteiger partial charge on any atom is 0.224 e. The molecule has 0 atom stereocenters. The van der Waals surface area contributed by atoms with Crippen LogP contribution in [0.1, 0.15) is 11.1 Å². The molecule has 0 spiro atoms. The molecule has 20 heavy (non-hydrogen) atoms. The van der Waals surface area contributed by atoms with E-state index in [0.29, 0.717) is 6.54 Å². The van der Waals surface area contributed by atoms with Crippen LogP contribution in [0.15, 0.2) is 46.9 Å². The SMILES string of the molecule is O=C(Cc1c(F)cccc1F)NCc1cccc(Br)c1. The minimum absolute atomic E-state index is 0.209. The summed E-state index contributed by atoms with van der Waals surface area (Å²) in [6.07, 6.45) is -0.313. The summed E-state index contributed by atoms with van der Waals surface area (Å²) >= 11 is 3.33. The second-order valence-corrected chi connectivity index (χ2v) is 5.20. The molecule has 0 aromatic heterocycles. The molecular formula is C15H12BrF2NO. The summed E-state index contributed by atoms with van der Waals surface area (Å²) in [5, 5.41) is 2.64. The van der Waals surface area contributed by atoms with E-state index >= 15 is 0 Å². The van der Waals surface area contributed by atoms with Crippen molar-refractivity contribution in [1.82, 2.24) is 5.32 Å². The Morgan fingerprint density at radius 1 is 1.10 bits per heavy atom. The first-order valence-electron chi connectivity index (χ1n) is 6.00. The molecule has 2 nitrogen and oxygen atoms in total. The van der Waals surface area contributed by atoms with Crippen molar-refractivity contribution in [3.05, 3.63) is 69.7 Å². The van der Waals surface area contributed by atoms with Crippen molar-refractivity contribution in [3.63, 3.8) is 0 Å². The van der Waals surface area contributed by atoms with Crippen LogP contribution in [-0.4, -0.2) is 5.91 Å². The molecule has 0 fully saturated rings. The van der Waals surface area contributed by atoms with Gasteiger partial charge in [-0.3, -0.25) is 4.79 Å². The van der Waals surface area contributed by atoms with Crippen LogP contribution in [0, 0.1) is 11.6 Å². The number of nitrogens with one attached hydrogen (secondary N) is 1. The molecule has 0 saturated carbocycles. The van der Waals surface area contributed by atoms with E-state index in [4.69, 9.17) is 0 Å². The van der Waals surface area contributed by atoms with Crippen molar-refractivity contribution in [1.29, 1.82) is 0 Å². The van der Waals surface area contributed by atoms with Gasteiger partial charge in [-0.2, -0.15) is 0 Å². The molecule has 0 aliphatic rings. The van der Waals surface area contributed by atoms with E-state index in [9.17, 15) is 13.6 Å². The quantitative estimate of drug-likeness (QED) is 0.906. The molecule has 104 valence electrons. The maximum atomic E-state index is 13.4. The van der Waals surface area contributed by atoms with E-state index in [-0.39, 0.29) is 12.0 Å². The van der Waals surface area contributed by atoms with E-state index in [2.05, 4.69) is 21.2 Å². The summed E-state index contributed by atoms with van der Waals surface area (Å²) in [5.74, 6) is -1.83. The molecule has 5 heteroatoms. The molecule has 0 bridgehead atoms. The highest BCUT2D eigenvalue weighted by Gasteiger charge is 2.12. The van der Waals surface area contributed by atoms with Gasteiger partial charge in [0.25, 0.3) is 0 Å². The number of carbonyl (C=O) groups is 1. The molecule has 0 saturated heterocycles. The third-order valence-corrected chi connectivity index (χ3v) is 3.27. The summed E-state index contributed by atoms with van der Waals surface area (Å²) in [6.45, 7) is 0.314. The zero-order chi connectivity index (χ0) is 14.5. The van der Waals surface area contributed by atoms with Crippen molar-refractivity contribution in [2.45, 2.75) is 13.0 Å². The van der Waals surface area contributed by atoms with E-state index in [1.807, 2.05) is 24.3 Å². The Balaban J connectivity index is 1.96. The van der Waals surface area contributed by atoms with Crippen LogP contribution in [0.4, 0.5) is 8.78 Å². The highest BCUT2D eigenvalue weighted by atomic mass is 79.9. The van der Waals surface area contributed by atoms with Gasteiger partial charge >= 0.3 is 0 Å². The van der Waals surface area contributed by atoms with Gasteiger partial charge in [0, 0.05) is 16.6 Å². The summed E-state index contributed by atoms with van der Waals surface area (Å²) in [5.41, 5.74) is 0.695. The predicted molar refractivity (Wildman–Crippen MR) is 76.1 cm³/mol. The van der Waals surface area contributed by atoms with E-state index in [1.54, 1.807) is 0 Å². The van der Waals surface area contributed by atoms with Gasteiger partial charge in [0.15, 0.2) is 0 Å². The Bertz CT molecular complexity index is 611. The zero-order valence-electron chi connectivity index (χ0n) is 10.5.